The lowest BCUT2D eigenvalue weighted by atomic mass is 10.1. The Labute approximate surface area is 173 Å². The number of aryl methyl sites for hydroxylation is 1. The quantitative estimate of drug-likeness (QED) is 0.273. The highest BCUT2D eigenvalue weighted by atomic mass is 35.5. The lowest BCUT2D eigenvalue weighted by Crippen LogP contribution is -2.33. The van der Waals surface area contributed by atoms with Crippen LogP contribution >= 0.6 is 19.4 Å². The minimum Gasteiger partial charge on any atom is -0.402 e. The number of azide groups is 1. The normalized spacial score (nSPS) is 22.8. The molecule has 0 aliphatic carbocycles. The number of phosphoric ester groups is 1. The Morgan fingerprint density at radius 1 is 1.53 bits per heavy atom. The van der Waals surface area contributed by atoms with Crippen molar-refractivity contribution in [1.29, 1.82) is 0 Å². The summed E-state index contributed by atoms with van der Waals surface area (Å²) in [7, 11) is -4.58. The number of nitrogens with one attached hydrogen (secondary N) is 1. The Hall–Kier alpha value is -2.66. The predicted octanol–water partition coefficient (Wildman–Crippen LogP) is 2.06. The van der Waals surface area contributed by atoms with E-state index in [1.165, 1.54) is 31.6 Å². The molecule has 0 saturated carbocycles. The van der Waals surface area contributed by atoms with Crippen LogP contribution in [0, 0.1) is 6.92 Å². The highest BCUT2D eigenvalue weighted by molar-refractivity contribution is 7.47. The maximum Gasteiger partial charge on any atom is 0.527 e. The van der Waals surface area contributed by atoms with Gasteiger partial charge in [-0.1, -0.05) is 16.7 Å². The molecular weight excluding hydrogens is 443 g/mol. The van der Waals surface area contributed by atoms with Gasteiger partial charge in [0.25, 0.3) is 5.56 Å². The Kier molecular flexibility index (Phi) is 6.61. The number of pyridine rings is 1. The first-order chi connectivity index (χ1) is 14.2. The first-order valence-corrected chi connectivity index (χ1v) is 10.3. The number of rotatable bonds is 7. The van der Waals surface area contributed by atoms with E-state index in [2.05, 4.69) is 20.0 Å². The van der Waals surface area contributed by atoms with Gasteiger partial charge >= 0.3 is 13.5 Å². The molecule has 1 aliphatic rings. The van der Waals surface area contributed by atoms with Gasteiger partial charge in [0.15, 0.2) is 5.75 Å². The van der Waals surface area contributed by atoms with E-state index in [0.717, 1.165) is 4.57 Å². The molecule has 15 heteroatoms. The second-order valence-electron chi connectivity index (χ2n) is 6.31. The van der Waals surface area contributed by atoms with Gasteiger partial charge < -0.3 is 9.26 Å². The fraction of sp³-hybridized carbons (Fsp3) is 0.400. The van der Waals surface area contributed by atoms with E-state index < -0.39 is 44.1 Å². The molecule has 0 radical (unpaired) electrons. The zero-order valence-corrected chi connectivity index (χ0v) is 17.1. The number of phosphoric acid groups is 1. The second kappa shape index (κ2) is 9.00. The largest absolute Gasteiger partial charge is 0.527 e. The molecule has 30 heavy (non-hydrogen) atoms. The van der Waals surface area contributed by atoms with Crippen LogP contribution in [-0.2, 0) is 13.8 Å². The Bertz CT molecular complexity index is 1150. The van der Waals surface area contributed by atoms with Gasteiger partial charge in [-0.15, -0.1) is 0 Å². The topological polar surface area (TPSA) is 182 Å². The number of aromatic nitrogens is 3. The molecule has 2 aromatic rings. The van der Waals surface area contributed by atoms with Crippen LogP contribution in [0.3, 0.4) is 0 Å². The van der Waals surface area contributed by atoms with Crippen molar-refractivity contribution in [3.8, 4) is 5.75 Å². The molecule has 1 saturated heterocycles. The summed E-state index contributed by atoms with van der Waals surface area (Å²) in [5, 5.41) is 3.79. The maximum absolute atomic E-state index is 12.2. The monoisotopic (exact) mass is 458 g/mol. The number of aromatic amines is 1. The third-order valence-electron chi connectivity index (χ3n) is 4.16. The zero-order chi connectivity index (χ0) is 21.9. The molecule has 13 nitrogen and oxygen atoms in total. The van der Waals surface area contributed by atoms with E-state index in [9.17, 15) is 19.0 Å². The van der Waals surface area contributed by atoms with E-state index in [4.69, 9.17) is 30.9 Å². The summed E-state index contributed by atoms with van der Waals surface area (Å²) < 4.78 is 28.9. The molecule has 0 amide bonds. The number of hydrogen-bond donors (Lipinski definition) is 2. The van der Waals surface area contributed by atoms with E-state index in [-0.39, 0.29) is 22.8 Å². The minimum atomic E-state index is -4.58. The zero-order valence-electron chi connectivity index (χ0n) is 15.4. The highest BCUT2D eigenvalue weighted by Crippen LogP contribution is 2.45. The summed E-state index contributed by atoms with van der Waals surface area (Å²) in [5.74, 6) is -0.0830. The van der Waals surface area contributed by atoms with E-state index in [0.29, 0.717) is 0 Å². The molecule has 1 aliphatic heterocycles. The Morgan fingerprint density at radius 2 is 2.30 bits per heavy atom. The second-order valence-corrected chi connectivity index (χ2v) is 8.12. The summed E-state index contributed by atoms with van der Waals surface area (Å²) in [6.45, 7) is 1.04. The van der Waals surface area contributed by atoms with Gasteiger partial charge in [0.05, 0.1) is 30.0 Å². The molecule has 2 aromatic heterocycles. The van der Waals surface area contributed by atoms with Gasteiger partial charge in [-0.3, -0.25) is 28.7 Å². The van der Waals surface area contributed by atoms with Gasteiger partial charge in [0.1, 0.15) is 6.23 Å². The lowest BCUT2D eigenvalue weighted by molar-refractivity contribution is -0.0264. The Morgan fingerprint density at radius 3 is 3.00 bits per heavy atom. The van der Waals surface area contributed by atoms with Crippen molar-refractivity contribution in [3.63, 3.8) is 0 Å². The smallest absolute Gasteiger partial charge is 0.402 e. The predicted molar refractivity (Wildman–Crippen MR) is 103 cm³/mol. The number of ether oxygens (including phenoxy) is 1. The van der Waals surface area contributed by atoms with Crippen molar-refractivity contribution < 1.29 is 23.2 Å². The van der Waals surface area contributed by atoms with Crippen molar-refractivity contribution in [2.24, 2.45) is 5.11 Å². The number of H-pyrrole nitrogens is 1. The van der Waals surface area contributed by atoms with Gasteiger partial charge in [0.2, 0.25) is 0 Å². The molecule has 2 unspecified atom stereocenters. The summed E-state index contributed by atoms with van der Waals surface area (Å²) in [4.78, 5) is 42.1. The standard InChI is InChI=1S/C15H16ClN6O7P/c1-8-6-22(15(24)19-14(8)23)13-3-11(20-21-17)12(28-13)7-27-30(25,26)29-10-2-9(16)4-18-5-10/h2,4-6,11-13H,3,7H2,1H3,(H,25,26)(H,19,23,24)/t11?,12-,13-/m1/s1. The molecule has 3 heterocycles. The van der Waals surface area contributed by atoms with Crippen LogP contribution in [0.5, 0.6) is 5.75 Å². The Balaban J connectivity index is 1.72. The van der Waals surface area contributed by atoms with Crippen molar-refractivity contribution in [2.45, 2.75) is 31.7 Å². The maximum atomic E-state index is 12.2. The van der Waals surface area contributed by atoms with Crippen LogP contribution in [0.4, 0.5) is 0 Å². The average Bonchev–Trinajstić information content (AvgIpc) is 3.06. The van der Waals surface area contributed by atoms with Crippen LogP contribution in [0.2, 0.25) is 5.02 Å². The summed E-state index contributed by atoms with van der Waals surface area (Å²) in [6, 6.07) is 0.475. The van der Waals surface area contributed by atoms with E-state index >= 15 is 0 Å². The summed E-state index contributed by atoms with van der Waals surface area (Å²) in [6.07, 6.45) is 2.05. The van der Waals surface area contributed by atoms with Crippen LogP contribution in [0.1, 0.15) is 18.2 Å². The highest BCUT2D eigenvalue weighted by Gasteiger charge is 2.38. The molecule has 1 fully saturated rings. The molecular formula is C15H16ClN6O7P. The van der Waals surface area contributed by atoms with Crippen LogP contribution in [0.25, 0.3) is 10.4 Å². The summed E-state index contributed by atoms with van der Waals surface area (Å²) >= 11 is 5.75. The number of nitrogens with zero attached hydrogens (tertiary/aromatic N) is 5. The van der Waals surface area contributed by atoms with Gasteiger partial charge in [-0.2, -0.15) is 0 Å². The minimum absolute atomic E-state index is 0.0816. The van der Waals surface area contributed by atoms with Crippen LogP contribution in [0.15, 0.2) is 39.4 Å². The molecule has 0 spiro atoms. The third kappa shape index (κ3) is 5.28. The van der Waals surface area contributed by atoms with E-state index in [1.54, 1.807) is 0 Å². The first-order valence-electron chi connectivity index (χ1n) is 8.48. The van der Waals surface area contributed by atoms with Crippen LogP contribution < -0.4 is 15.8 Å². The van der Waals surface area contributed by atoms with E-state index in [1.807, 2.05) is 0 Å². The fourth-order valence-corrected chi connectivity index (χ4v) is 3.71. The van der Waals surface area contributed by atoms with Gasteiger partial charge in [-0.05, 0) is 12.5 Å². The van der Waals surface area contributed by atoms with Crippen molar-refractivity contribution in [1.82, 2.24) is 14.5 Å². The number of halogens is 1. The van der Waals surface area contributed by atoms with Gasteiger partial charge in [0, 0.05) is 35.4 Å². The fourth-order valence-electron chi connectivity index (χ4n) is 2.79. The molecule has 2 N–H and O–H groups in total. The SMILES string of the molecule is Cc1cn([C@H]2CC(N=[N+]=[N-])[C@@H](COP(=O)(O)Oc3cncc(Cl)c3)O2)c(=O)[nH]c1=O. The van der Waals surface area contributed by atoms with Crippen LogP contribution in [-0.4, -0.2) is 38.2 Å². The molecule has 160 valence electrons. The average molecular weight is 459 g/mol. The molecule has 3 rings (SSSR count). The molecule has 4 atom stereocenters. The lowest BCUT2D eigenvalue weighted by Gasteiger charge is -2.18. The molecule has 0 aromatic carbocycles. The van der Waals surface area contributed by atoms with Crippen molar-refractivity contribution in [2.75, 3.05) is 6.61 Å². The van der Waals surface area contributed by atoms with Crippen molar-refractivity contribution >= 4 is 19.4 Å². The third-order valence-corrected chi connectivity index (χ3v) is 5.29. The molecule has 0 bridgehead atoms. The summed E-state index contributed by atoms with van der Waals surface area (Å²) in [5.41, 5.74) is 7.82. The van der Waals surface area contributed by atoms with Crippen molar-refractivity contribution in [3.05, 3.63) is 66.5 Å². The van der Waals surface area contributed by atoms with Gasteiger partial charge in [-0.25, -0.2) is 9.36 Å². The number of hydrogen-bond acceptors (Lipinski definition) is 8. The first kappa shape index (κ1) is 22.0.